The van der Waals surface area contributed by atoms with Crippen molar-refractivity contribution in [3.8, 4) is 0 Å². The average Bonchev–Trinajstić information content (AvgIpc) is 3.28. The first-order chi connectivity index (χ1) is 14.2. The van der Waals surface area contributed by atoms with Crippen molar-refractivity contribution in [3.63, 3.8) is 0 Å². The predicted octanol–water partition coefficient (Wildman–Crippen LogP) is 3.25. The Morgan fingerprint density at radius 2 is 1.83 bits per heavy atom. The van der Waals surface area contributed by atoms with Crippen molar-refractivity contribution in [3.05, 3.63) is 57.2 Å². The first-order valence-electron chi connectivity index (χ1n) is 8.83. The van der Waals surface area contributed by atoms with Crippen molar-refractivity contribution in [2.24, 2.45) is 0 Å². The van der Waals surface area contributed by atoms with E-state index in [0.29, 0.717) is 22.2 Å². The molecule has 2 amide bonds. The lowest BCUT2D eigenvalue weighted by Gasteiger charge is -2.11. The van der Waals surface area contributed by atoms with Crippen molar-refractivity contribution >= 4 is 61.0 Å². The molecule has 3 N–H and O–H groups in total. The maximum Gasteiger partial charge on any atom is 0.231 e. The fourth-order valence-electron chi connectivity index (χ4n) is 2.56. The number of hydrogen-bond donors (Lipinski definition) is 3. The van der Waals surface area contributed by atoms with E-state index in [2.05, 4.69) is 20.3 Å². The summed E-state index contributed by atoms with van der Waals surface area (Å²) < 4.78 is 25.3. The summed E-state index contributed by atoms with van der Waals surface area (Å²) in [6.45, 7) is 1.77. The third kappa shape index (κ3) is 6.65. The topological polar surface area (TPSA) is 117 Å². The Morgan fingerprint density at radius 3 is 2.53 bits per heavy atom. The summed E-state index contributed by atoms with van der Waals surface area (Å²) in [5, 5.41) is 9.53. The lowest BCUT2D eigenvalue weighted by atomic mass is 10.2. The van der Waals surface area contributed by atoms with Gasteiger partial charge < -0.3 is 10.6 Å². The van der Waals surface area contributed by atoms with E-state index in [1.807, 2.05) is 17.5 Å². The minimum atomic E-state index is -3.42. The molecule has 0 spiro atoms. The van der Waals surface area contributed by atoms with Gasteiger partial charge >= 0.3 is 0 Å². The number of carbonyl (C=O) groups is 2. The molecule has 0 aliphatic rings. The van der Waals surface area contributed by atoms with Gasteiger partial charge in [0.25, 0.3) is 0 Å². The van der Waals surface area contributed by atoms with Crippen LogP contribution in [-0.2, 0) is 32.5 Å². The van der Waals surface area contributed by atoms with Crippen LogP contribution in [0, 0.1) is 6.92 Å². The van der Waals surface area contributed by atoms with Crippen LogP contribution in [0.1, 0.15) is 16.1 Å². The monoisotopic (exact) mass is 464 g/mol. The average molecular weight is 465 g/mol. The van der Waals surface area contributed by atoms with Crippen molar-refractivity contribution in [2.75, 3.05) is 21.6 Å². The lowest BCUT2D eigenvalue weighted by molar-refractivity contribution is -0.116. The van der Waals surface area contributed by atoms with E-state index in [0.717, 1.165) is 16.7 Å². The molecule has 0 saturated heterocycles. The Labute approximate surface area is 182 Å². The molecule has 0 unspecified atom stereocenters. The minimum absolute atomic E-state index is 0.0278. The summed E-state index contributed by atoms with van der Waals surface area (Å²) in [5.41, 5.74) is 2.14. The van der Waals surface area contributed by atoms with Crippen LogP contribution in [0.15, 0.2) is 41.1 Å². The number of thiazole rings is 1. The summed E-state index contributed by atoms with van der Waals surface area (Å²) >= 11 is 2.77. The maximum atomic E-state index is 12.3. The molecule has 0 aliphatic carbocycles. The maximum absolute atomic E-state index is 12.3. The molecule has 3 rings (SSSR count). The van der Waals surface area contributed by atoms with Crippen LogP contribution < -0.4 is 15.4 Å². The largest absolute Gasteiger partial charge is 0.326 e. The number of thiophene rings is 1. The molecule has 1 aromatic carbocycles. The normalized spacial score (nSPS) is 11.1. The van der Waals surface area contributed by atoms with E-state index in [4.69, 9.17) is 0 Å². The van der Waals surface area contributed by atoms with Crippen LogP contribution in [-0.4, -0.2) is 31.5 Å². The van der Waals surface area contributed by atoms with Gasteiger partial charge in [-0.15, -0.1) is 22.7 Å². The van der Waals surface area contributed by atoms with Gasteiger partial charge in [-0.1, -0.05) is 12.1 Å². The van der Waals surface area contributed by atoms with Gasteiger partial charge in [0.2, 0.25) is 21.8 Å². The van der Waals surface area contributed by atoms with Gasteiger partial charge in [0.15, 0.2) is 5.13 Å². The molecule has 2 heterocycles. The molecular formula is C19H20N4O4S3. The number of sulfonamides is 1. The number of anilines is 3. The minimum Gasteiger partial charge on any atom is -0.326 e. The summed E-state index contributed by atoms with van der Waals surface area (Å²) in [6.07, 6.45) is 1.38. The summed E-state index contributed by atoms with van der Waals surface area (Å²) in [6, 6.07) is 8.75. The summed E-state index contributed by atoms with van der Waals surface area (Å²) in [4.78, 5) is 29.6. The van der Waals surface area contributed by atoms with Gasteiger partial charge in [-0.3, -0.25) is 14.3 Å². The molecule has 2 aromatic heterocycles. The number of nitrogens with zero attached hydrogens (tertiary/aromatic N) is 1. The Kier molecular flexibility index (Phi) is 6.85. The van der Waals surface area contributed by atoms with Crippen LogP contribution in [0.5, 0.6) is 0 Å². The molecule has 3 aromatic rings. The number of aryl methyl sites for hydroxylation is 1. The van der Waals surface area contributed by atoms with E-state index in [1.165, 1.54) is 22.7 Å². The van der Waals surface area contributed by atoms with Gasteiger partial charge in [-0.25, -0.2) is 13.4 Å². The zero-order chi connectivity index (χ0) is 21.7. The van der Waals surface area contributed by atoms with Crippen molar-refractivity contribution < 1.29 is 18.0 Å². The highest BCUT2D eigenvalue weighted by atomic mass is 32.2. The Bertz CT molecular complexity index is 1150. The standard InChI is InChI=1S/C19H20N4O4S3/c1-12-5-6-13(8-16(12)23-30(2,26)27)20-17(24)9-14-11-29-19(21-14)22-18(25)10-15-4-3-7-28-15/h3-8,11,23H,9-10H2,1-2H3,(H,20,24)(H,21,22,25). The smallest absolute Gasteiger partial charge is 0.231 e. The van der Waals surface area contributed by atoms with Crippen LogP contribution in [0.3, 0.4) is 0 Å². The third-order valence-corrected chi connectivity index (χ3v) is 6.14. The Morgan fingerprint density at radius 1 is 1.07 bits per heavy atom. The molecular weight excluding hydrogens is 444 g/mol. The number of nitrogens with one attached hydrogen (secondary N) is 3. The summed E-state index contributed by atoms with van der Waals surface area (Å²) in [7, 11) is -3.42. The first kappa shape index (κ1) is 21.9. The molecule has 30 heavy (non-hydrogen) atoms. The van der Waals surface area contributed by atoms with Gasteiger partial charge in [0, 0.05) is 15.9 Å². The fourth-order valence-corrected chi connectivity index (χ4v) is 4.61. The number of carbonyl (C=O) groups excluding carboxylic acids is 2. The van der Waals surface area contributed by atoms with Crippen LogP contribution in [0.4, 0.5) is 16.5 Å². The van der Waals surface area contributed by atoms with Gasteiger partial charge in [0.1, 0.15) is 0 Å². The highest BCUT2D eigenvalue weighted by Crippen LogP contribution is 2.22. The SMILES string of the molecule is Cc1ccc(NC(=O)Cc2csc(NC(=O)Cc3cccs3)n2)cc1NS(C)(=O)=O. The Hall–Kier alpha value is -2.76. The molecule has 11 heteroatoms. The molecule has 158 valence electrons. The molecule has 0 aliphatic heterocycles. The number of rotatable bonds is 8. The van der Waals surface area contributed by atoms with Crippen LogP contribution in [0.25, 0.3) is 0 Å². The second kappa shape index (κ2) is 9.37. The van der Waals surface area contributed by atoms with Crippen LogP contribution in [0.2, 0.25) is 0 Å². The van der Waals surface area contributed by atoms with Gasteiger partial charge in [-0.05, 0) is 36.1 Å². The first-order valence-corrected chi connectivity index (χ1v) is 12.5. The molecule has 8 nitrogen and oxygen atoms in total. The molecule has 0 bridgehead atoms. The van der Waals surface area contributed by atoms with E-state index >= 15 is 0 Å². The predicted molar refractivity (Wildman–Crippen MR) is 121 cm³/mol. The number of amides is 2. The second-order valence-electron chi connectivity index (χ2n) is 6.58. The zero-order valence-corrected chi connectivity index (χ0v) is 18.7. The zero-order valence-electron chi connectivity index (χ0n) is 16.3. The number of aromatic nitrogens is 1. The van der Waals surface area contributed by atoms with Gasteiger partial charge in [0.05, 0.1) is 30.5 Å². The van der Waals surface area contributed by atoms with E-state index in [-0.39, 0.29) is 24.7 Å². The van der Waals surface area contributed by atoms with E-state index < -0.39 is 10.0 Å². The molecule has 0 atom stereocenters. The lowest BCUT2D eigenvalue weighted by Crippen LogP contribution is -2.16. The molecule has 0 fully saturated rings. The summed E-state index contributed by atoms with van der Waals surface area (Å²) in [5.74, 6) is -0.459. The quantitative estimate of drug-likeness (QED) is 0.473. The fraction of sp³-hybridized carbons (Fsp3) is 0.211. The number of benzene rings is 1. The van der Waals surface area contributed by atoms with Crippen molar-refractivity contribution in [1.82, 2.24) is 4.98 Å². The van der Waals surface area contributed by atoms with E-state index in [1.54, 1.807) is 30.5 Å². The number of hydrogen-bond acceptors (Lipinski definition) is 7. The molecule has 0 saturated carbocycles. The highest BCUT2D eigenvalue weighted by molar-refractivity contribution is 7.92. The second-order valence-corrected chi connectivity index (χ2v) is 10.2. The van der Waals surface area contributed by atoms with E-state index in [9.17, 15) is 18.0 Å². The van der Waals surface area contributed by atoms with Crippen molar-refractivity contribution in [2.45, 2.75) is 19.8 Å². The molecule has 0 radical (unpaired) electrons. The highest BCUT2D eigenvalue weighted by Gasteiger charge is 2.12. The third-order valence-electron chi connectivity index (χ3n) is 3.87. The van der Waals surface area contributed by atoms with Gasteiger partial charge in [-0.2, -0.15) is 0 Å². The van der Waals surface area contributed by atoms with Crippen LogP contribution >= 0.6 is 22.7 Å². The van der Waals surface area contributed by atoms with Crippen molar-refractivity contribution in [1.29, 1.82) is 0 Å². The Balaban J connectivity index is 1.56.